The van der Waals surface area contributed by atoms with E-state index in [-0.39, 0.29) is 23.4 Å². The van der Waals surface area contributed by atoms with Gasteiger partial charge in [-0.3, -0.25) is 4.79 Å². The first-order valence-electron chi connectivity index (χ1n) is 9.33. The van der Waals surface area contributed by atoms with Crippen LogP contribution in [0.5, 0.6) is 0 Å². The molecule has 1 aliphatic heterocycles. The molecule has 1 fully saturated rings. The third-order valence-electron chi connectivity index (χ3n) is 5.04. The maximum Gasteiger partial charge on any atom is 0.343 e. The van der Waals surface area contributed by atoms with Gasteiger partial charge in [0, 0.05) is 24.5 Å². The van der Waals surface area contributed by atoms with Crippen molar-refractivity contribution in [3.63, 3.8) is 0 Å². The van der Waals surface area contributed by atoms with Crippen LogP contribution in [-0.4, -0.2) is 42.2 Å². The molecular formula is C21H25FN2O3. The molecule has 0 atom stereocenters. The van der Waals surface area contributed by atoms with Gasteiger partial charge in [-0.25, -0.2) is 9.18 Å². The van der Waals surface area contributed by atoms with Gasteiger partial charge >= 0.3 is 5.97 Å². The molecule has 0 spiro atoms. The first-order chi connectivity index (χ1) is 13.0. The molecule has 0 amide bonds. The molecule has 6 heteroatoms. The highest BCUT2D eigenvalue weighted by Crippen LogP contribution is 2.21. The predicted octanol–water partition coefficient (Wildman–Crippen LogP) is 3.17. The number of carbonyl (C=O) groups is 1. The van der Waals surface area contributed by atoms with Crippen molar-refractivity contribution in [2.75, 3.05) is 26.7 Å². The summed E-state index contributed by atoms with van der Waals surface area (Å²) in [5.41, 5.74) is 0.601. The van der Waals surface area contributed by atoms with Crippen molar-refractivity contribution in [2.24, 2.45) is 5.92 Å². The van der Waals surface area contributed by atoms with Gasteiger partial charge in [-0.2, -0.15) is 0 Å². The molecular weight excluding hydrogens is 347 g/mol. The van der Waals surface area contributed by atoms with Crippen molar-refractivity contribution in [1.29, 1.82) is 0 Å². The second kappa shape index (κ2) is 8.48. The van der Waals surface area contributed by atoms with E-state index in [9.17, 15) is 14.0 Å². The second-order valence-electron chi connectivity index (χ2n) is 7.09. The number of carbonyl (C=O) groups excluding carboxylic acids is 1. The highest BCUT2D eigenvalue weighted by molar-refractivity contribution is 5.90. The van der Waals surface area contributed by atoms with Crippen LogP contribution >= 0.6 is 0 Å². The Balaban J connectivity index is 1.98. The van der Waals surface area contributed by atoms with Gasteiger partial charge in [-0.05, 0) is 63.5 Å². The molecule has 2 heterocycles. The van der Waals surface area contributed by atoms with Gasteiger partial charge < -0.3 is 14.2 Å². The number of hydrogen-bond acceptors (Lipinski definition) is 4. The average Bonchev–Trinajstić information content (AvgIpc) is 2.66. The van der Waals surface area contributed by atoms with Gasteiger partial charge in [0.15, 0.2) is 0 Å². The van der Waals surface area contributed by atoms with Crippen LogP contribution in [0.15, 0.2) is 41.5 Å². The van der Waals surface area contributed by atoms with Crippen molar-refractivity contribution < 1.29 is 13.9 Å². The summed E-state index contributed by atoms with van der Waals surface area (Å²) in [5, 5.41) is 0. The van der Waals surface area contributed by atoms with Crippen molar-refractivity contribution in [3.05, 3.63) is 58.3 Å². The van der Waals surface area contributed by atoms with Crippen LogP contribution in [-0.2, 0) is 11.3 Å². The fraction of sp³-hybridized carbons (Fsp3) is 0.429. The van der Waals surface area contributed by atoms with Gasteiger partial charge in [0.1, 0.15) is 11.4 Å². The van der Waals surface area contributed by atoms with E-state index >= 15 is 0 Å². The predicted molar refractivity (Wildman–Crippen MR) is 102 cm³/mol. The largest absolute Gasteiger partial charge is 0.462 e. The number of benzene rings is 1. The summed E-state index contributed by atoms with van der Waals surface area (Å²) in [6.07, 6.45) is 5.49. The molecule has 1 saturated heterocycles. The van der Waals surface area contributed by atoms with Gasteiger partial charge in [0.05, 0.1) is 6.61 Å². The highest BCUT2D eigenvalue weighted by Gasteiger charge is 2.20. The van der Waals surface area contributed by atoms with Crippen molar-refractivity contribution >= 4 is 5.97 Å². The van der Waals surface area contributed by atoms with Crippen LogP contribution in [0.4, 0.5) is 4.39 Å². The van der Waals surface area contributed by atoms with Crippen LogP contribution < -0.4 is 5.43 Å². The van der Waals surface area contributed by atoms with E-state index in [1.807, 2.05) is 4.57 Å². The van der Waals surface area contributed by atoms with Crippen LogP contribution in [0.3, 0.4) is 0 Å². The molecule has 0 saturated carbocycles. The topological polar surface area (TPSA) is 51.5 Å². The monoisotopic (exact) mass is 372 g/mol. The lowest BCUT2D eigenvalue weighted by Crippen LogP contribution is -2.32. The Hall–Kier alpha value is -2.47. The zero-order chi connectivity index (χ0) is 19.4. The van der Waals surface area contributed by atoms with E-state index in [4.69, 9.17) is 4.74 Å². The highest BCUT2D eigenvalue weighted by atomic mass is 19.1. The Bertz CT molecular complexity index is 853. The molecule has 0 radical (unpaired) electrons. The zero-order valence-electron chi connectivity index (χ0n) is 15.8. The first kappa shape index (κ1) is 19.3. The van der Waals surface area contributed by atoms with E-state index in [0.717, 1.165) is 32.5 Å². The molecule has 1 aromatic carbocycles. The minimum Gasteiger partial charge on any atom is -0.462 e. The second-order valence-corrected chi connectivity index (χ2v) is 7.09. The van der Waals surface area contributed by atoms with Gasteiger partial charge in [0.2, 0.25) is 5.43 Å². The number of likely N-dealkylation sites (tertiary alicyclic amines) is 1. The number of piperidine rings is 1. The SMILES string of the molecule is CCOC(=O)c1cn(CC2CCN(C)CC2)cc(-c2ccc(F)cc2)c1=O. The fourth-order valence-electron chi connectivity index (χ4n) is 3.47. The van der Waals surface area contributed by atoms with E-state index in [2.05, 4.69) is 11.9 Å². The first-order valence-corrected chi connectivity index (χ1v) is 9.33. The Kier molecular flexibility index (Phi) is 6.06. The minimum absolute atomic E-state index is 0.0200. The Morgan fingerprint density at radius 3 is 2.48 bits per heavy atom. The summed E-state index contributed by atoms with van der Waals surface area (Å²) in [7, 11) is 2.11. The number of ether oxygens (including phenoxy) is 1. The van der Waals surface area contributed by atoms with Crippen molar-refractivity contribution in [1.82, 2.24) is 9.47 Å². The van der Waals surface area contributed by atoms with Crippen molar-refractivity contribution in [3.8, 4) is 11.1 Å². The summed E-state index contributed by atoms with van der Waals surface area (Å²) >= 11 is 0. The molecule has 5 nitrogen and oxygen atoms in total. The molecule has 27 heavy (non-hydrogen) atoms. The number of halogens is 1. The van der Waals surface area contributed by atoms with Gasteiger partial charge in [-0.15, -0.1) is 0 Å². The third kappa shape index (κ3) is 4.63. The maximum absolute atomic E-state index is 13.3. The number of nitrogens with zero attached hydrogens (tertiary/aromatic N) is 2. The van der Waals surface area contributed by atoms with Crippen molar-refractivity contribution in [2.45, 2.75) is 26.3 Å². The van der Waals surface area contributed by atoms with Crippen LogP contribution in [0.2, 0.25) is 0 Å². The fourth-order valence-corrected chi connectivity index (χ4v) is 3.47. The maximum atomic E-state index is 13.3. The number of esters is 1. The molecule has 1 aliphatic rings. The van der Waals surface area contributed by atoms with Crippen LogP contribution in [0, 0.1) is 11.7 Å². The minimum atomic E-state index is -0.622. The van der Waals surface area contributed by atoms with E-state index < -0.39 is 5.97 Å². The summed E-state index contributed by atoms with van der Waals surface area (Å²) in [6, 6.07) is 5.74. The van der Waals surface area contributed by atoms with E-state index in [0.29, 0.717) is 17.0 Å². The lowest BCUT2D eigenvalue weighted by molar-refractivity contribution is 0.0523. The smallest absolute Gasteiger partial charge is 0.343 e. The number of rotatable bonds is 5. The summed E-state index contributed by atoms with van der Waals surface area (Å²) in [4.78, 5) is 27.4. The Morgan fingerprint density at radius 1 is 1.19 bits per heavy atom. The number of pyridine rings is 1. The van der Waals surface area contributed by atoms with E-state index in [1.54, 1.807) is 31.5 Å². The zero-order valence-corrected chi connectivity index (χ0v) is 15.8. The number of hydrogen-bond donors (Lipinski definition) is 0. The van der Waals surface area contributed by atoms with E-state index in [1.165, 1.54) is 12.1 Å². The van der Waals surface area contributed by atoms with Gasteiger partial charge in [0.25, 0.3) is 0 Å². The number of aromatic nitrogens is 1. The normalized spacial score (nSPS) is 15.7. The molecule has 0 N–H and O–H groups in total. The van der Waals surface area contributed by atoms with Crippen LogP contribution in [0.1, 0.15) is 30.1 Å². The molecule has 144 valence electrons. The third-order valence-corrected chi connectivity index (χ3v) is 5.04. The quantitative estimate of drug-likeness (QED) is 0.757. The lowest BCUT2D eigenvalue weighted by Gasteiger charge is -2.29. The summed E-state index contributed by atoms with van der Waals surface area (Å²) in [6.45, 7) is 4.72. The molecule has 3 rings (SSSR count). The molecule has 2 aromatic rings. The van der Waals surface area contributed by atoms with Crippen LogP contribution in [0.25, 0.3) is 11.1 Å². The molecule has 0 bridgehead atoms. The Labute approximate surface area is 158 Å². The molecule has 0 aliphatic carbocycles. The molecule has 0 unspecified atom stereocenters. The average molecular weight is 372 g/mol. The summed E-state index contributed by atoms with van der Waals surface area (Å²) < 4.78 is 20.2. The standard InChI is InChI=1S/C21H25FN2O3/c1-3-27-21(26)19-14-24(12-15-8-10-23(2)11-9-15)13-18(20(19)25)16-4-6-17(22)7-5-16/h4-7,13-15H,3,8-12H2,1-2H3. The molecule has 1 aromatic heterocycles. The Morgan fingerprint density at radius 2 is 1.85 bits per heavy atom. The summed E-state index contributed by atoms with van der Waals surface area (Å²) in [5.74, 6) is -0.504. The van der Waals surface area contributed by atoms with Gasteiger partial charge in [-0.1, -0.05) is 12.1 Å². The lowest BCUT2D eigenvalue weighted by atomic mass is 9.96.